The zero-order valence-electron chi connectivity index (χ0n) is 54.4. The van der Waals surface area contributed by atoms with Crippen molar-refractivity contribution in [3.05, 3.63) is 292 Å². The predicted octanol–water partition coefficient (Wildman–Crippen LogP) is 8.66. The molecule has 21 nitrogen and oxygen atoms in total. The third-order valence-corrected chi connectivity index (χ3v) is 12.4. The smallest absolute Gasteiger partial charge is 1.00 e. The predicted molar refractivity (Wildman–Crippen MR) is 370 cm³/mol. The van der Waals surface area contributed by atoms with E-state index >= 15 is 0 Å². The van der Waals surface area contributed by atoms with E-state index < -0.39 is 60.2 Å². The Bertz CT molecular complexity index is 3250. The number of carboxylic acids is 2. The quantitative estimate of drug-likeness (QED) is 0.00594. The molecule has 6 aromatic rings. The van der Waals surface area contributed by atoms with E-state index in [9.17, 15) is 38.4 Å². The van der Waals surface area contributed by atoms with Gasteiger partial charge in [-0.3, -0.25) is 35.6 Å². The summed E-state index contributed by atoms with van der Waals surface area (Å²) >= 11 is 0. The molecule has 1 aliphatic rings. The largest absolute Gasteiger partial charge is 2.00 e. The van der Waals surface area contributed by atoms with Crippen LogP contribution in [0, 0.1) is 6.58 Å². The van der Waals surface area contributed by atoms with Crippen LogP contribution in [0.2, 0.25) is 0 Å². The topological polar surface area (TPSA) is 295 Å². The Morgan fingerprint density at radius 2 is 0.958 bits per heavy atom. The van der Waals surface area contributed by atoms with Crippen LogP contribution in [0.3, 0.4) is 0 Å². The van der Waals surface area contributed by atoms with Crippen LogP contribution in [0.4, 0.5) is 14.4 Å². The molecule has 96 heavy (non-hydrogen) atoms. The maximum atomic E-state index is 13.0. The van der Waals surface area contributed by atoms with Crippen LogP contribution in [-0.4, -0.2) is 137 Å². The molecule has 7 rings (SSSR count). The number of nitrogens with zero attached hydrogens (tertiary/aromatic N) is 3. The Morgan fingerprint density at radius 1 is 0.583 bits per heavy atom. The number of amides is 5. The third kappa shape index (κ3) is 37.6. The van der Waals surface area contributed by atoms with Gasteiger partial charge in [0.2, 0.25) is 5.91 Å². The van der Waals surface area contributed by atoms with E-state index in [0.717, 1.165) is 27.8 Å². The zero-order chi connectivity index (χ0) is 69.9. The van der Waals surface area contributed by atoms with Crippen LogP contribution in [0.15, 0.2) is 257 Å². The van der Waals surface area contributed by atoms with Crippen LogP contribution in [0.25, 0.3) is 0 Å². The summed E-state index contributed by atoms with van der Waals surface area (Å²) in [6, 6.07) is 54.8. The van der Waals surface area contributed by atoms with Crippen LogP contribution in [0.5, 0.6) is 0 Å². The molecule has 0 saturated carbocycles. The Kier molecular flexibility index (Phi) is 49.8. The molecular weight excluding hydrogens is 1300 g/mol. The molecule has 7 N–H and O–H groups in total. The Balaban J connectivity index is 0. The number of carboxylic acid groups (broad SMARTS) is 2. The second-order valence-corrected chi connectivity index (χ2v) is 19.3. The van der Waals surface area contributed by atoms with Gasteiger partial charge in [0.1, 0.15) is 37.9 Å². The number of likely N-dealkylation sites (N-methyl/N-ethyl adjacent to an activating group) is 2. The molecule has 1 aliphatic heterocycles. The number of hydrogen-bond donors (Lipinski definition) is 6. The van der Waals surface area contributed by atoms with Gasteiger partial charge in [-0.05, 0) is 59.7 Å². The van der Waals surface area contributed by atoms with Crippen LogP contribution in [0.1, 0.15) is 77.6 Å². The number of aliphatic imine (C=N–C) groups is 1. The first-order chi connectivity index (χ1) is 45.4. The molecule has 0 aromatic heterocycles. The minimum Gasteiger partial charge on any atom is -1.00 e. The SMILES string of the molecule is C=CC(NC)c1ccccc1.C=CC[C@H](N)C(=O)O.C=CC[C@H](NC(=O)OCc1ccccc1)C(=O)N(C)C(C=C)c1ccccc1.C=CC[C@H](NC(=O)OCc1ccccc1)C(=O)O.CN=Cc1ccccc1.O=C(OCc1ccccc1)ON1C(=O)CCC1=O.[Br-].[CH-]=C.[Mg+2]. The molecule has 0 aliphatic carbocycles. The number of aliphatic carboxylic acids is 2. The van der Waals surface area contributed by atoms with Crippen LogP contribution >= 0.6 is 0 Å². The number of halogens is 1. The molecule has 6 aromatic carbocycles. The molecule has 5 amide bonds. The molecule has 0 bridgehead atoms. The minimum atomic E-state index is -1.12. The Labute approximate surface area is 590 Å². The normalized spacial score (nSPS) is 12.0. The van der Waals surface area contributed by atoms with Crippen molar-refractivity contribution in [1.82, 2.24) is 25.9 Å². The molecule has 0 spiro atoms. The van der Waals surface area contributed by atoms with E-state index in [1.165, 1.54) is 17.7 Å². The van der Waals surface area contributed by atoms with Gasteiger partial charge < -0.3 is 74.6 Å². The zero-order valence-corrected chi connectivity index (χ0v) is 57.4. The van der Waals surface area contributed by atoms with Gasteiger partial charge in [0.15, 0.2) is 0 Å². The van der Waals surface area contributed by atoms with E-state index in [2.05, 4.69) is 84.0 Å². The average Bonchev–Trinajstić information content (AvgIpc) is 1.32. The molecular formula is C73H86BrMgN7O14. The third-order valence-electron chi connectivity index (χ3n) is 12.4. The summed E-state index contributed by atoms with van der Waals surface area (Å²) < 4.78 is 14.9. The van der Waals surface area contributed by atoms with Crippen molar-refractivity contribution < 1.29 is 84.6 Å². The molecule has 5 atom stereocenters. The second-order valence-electron chi connectivity index (χ2n) is 19.3. The first-order valence-electron chi connectivity index (χ1n) is 29.3. The summed E-state index contributed by atoms with van der Waals surface area (Å²) in [7, 11) is 5.39. The van der Waals surface area contributed by atoms with Crippen molar-refractivity contribution in [1.29, 1.82) is 0 Å². The molecule has 1 saturated heterocycles. The molecule has 506 valence electrons. The van der Waals surface area contributed by atoms with E-state index in [1.807, 2.05) is 165 Å². The monoisotopic (exact) mass is 1390 g/mol. The number of rotatable bonds is 25. The van der Waals surface area contributed by atoms with Crippen LogP contribution < -0.4 is 38.7 Å². The molecule has 2 unspecified atom stereocenters. The van der Waals surface area contributed by atoms with Gasteiger partial charge >= 0.3 is 53.3 Å². The fraction of sp³-hybridized carbons (Fsp3) is 0.219. The number of nitrogens with one attached hydrogen (secondary N) is 3. The first kappa shape index (κ1) is 88.0. The molecule has 0 radical (unpaired) electrons. The van der Waals surface area contributed by atoms with Crippen molar-refractivity contribution >= 4 is 77.3 Å². The van der Waals surface area contributed by atoms with E-state index in [0.29, 0.717) is 17.9 Å². The Hall–Kier alpha value is -10.0. The number of ether oxygens (including phenoxy) is 3. The van der Waals surface area contributed by atoms with Gasteiger partial charge in [-0.25, -0.2) is 19.2 Å². The van der Waals surface area contributed by atoms with Crippen molar-refractivity contribution in [2.45, 2.75) is 82.1 Å². The molecule has 1 fully saturated rings. The maximum Gasteiger partial charge on any atom is 2.00 e. The standard InChI is InChI=1S/C23H26N2O3.C13H15NO4.C12H11NO5.C10H13N.C8H9N.C5H9NO2.C2H3.BrH.Mg/c1-4-12-20(24-23(27)28-17-18-13-8-6-9-14-18)22(26)25(3)21(5-2)19-15-10-7-11-16-19;1-2-6-11(12(15)16)14-13(17)18-9-10-7-4-3-5-8-10;14-10-6-7-11(15)13(10)18-12(16)17-8-9-4-2-1-3-5-9;1-3-10(11-2)9-7-5-4-6-8-9;1-9-7-8-5-3-2-4-6-8;1-2-3-4(6)5(7)8;1-2;;/h4-11,13-16,20-21H,1-2,12,17H2,3H3,(H,24,27);2-5,7-8,11H,1,6,9H2,(H,14,17)(H,15,16);1-5H,6-8H2;3-8,10-11H,1H2,2H3;2-7H,1H3;2,4H,1,3,6H2,(H,7,8);1H,2H2;1H;/q;;;;;;-1;;+2/p-1/t20-,21?;11-;;;;4-;;;/m00...0.../s1. The Morgan fingerprint density at radius 3 is 1.31 bits per heavy atom. The summed E-state index contributed by atoms with van der Waals surface area (Å²) in [4.78, 5) is 101. The van der Waals surface area contributed by atoms with E-state index in [1.54, 1.807) is 55.4 Å². The van der Waals surface area contributed by atoms with Gasteiger partial charge in [0.25, 0.3) is 11.8 Å². The summed E-state index contributed by atoms with van der Waals surface area (Å²) in [6.07, 6.45) is 8.36. The van der Waals surface area contributed by atoms with Gasteiger partial charge in [0, 0.05) is 33.2 Å². The van der Waals surface area contributed by atoms with Gasteiger partial charge in [-0.15, -0.1) is 32.9 Å². The number of nitrogens with two attached hydrogens (primary N) is 1. The number of carbonyl (C=O) groups is 8. The number of alkyl carbamates (subject to hydrolysis) is 2. The maximum absolute atomic E-state index is 13.0. The number of benzene rings is 6. The average molecular weight is 1390 g/mol. The van der Waals surface area contributed by atoms with Crippen molar-refractivity contribution in [3.63, 3.8) is 0 Å². The van der Waals surface area contributed by atoms with Crippen LogP contribution in [-0.2, 0) is 62.8 Å². The second kappa shape index (κ2) is 54.4. The summed E-state index contributed by atoms with van der Waals surface area (Å²) in [5.41, 5.74) is 10.9. The van der Waals surface area contributed by atoms with E-state index in [-0.39, 0.29) is 97.1 Å². The van der Waals surface area contributed by atoms with Gasteiger partial charge in [-0.1, -0.05) is 217 Å². The van der Waals surface area contributed by atoms with Gasteiger partial charge in [0.05, 0.1) is 12.1 Å². The molecule has 23 heteroatoms. The molecule has 1 heterocycles. The summed E-state index contributed by atoms with van der Waals surface area (Å²) in [5.74, 6) is -3.41. The number of imide groups is 1. The number of hydrogen-bond acceptors (Lipinski definition) is 15. The fourth-order valence-corrected chi connectivity index (χ4v) is 7.67. The van der Waals surface area contributed by atoms with Crippen molar-refractivity contribution in [2.75, 3.05) is 21.1 Å². The number of hydroxylamine groups is 2. The van der Waals surface area contributed by atoms with Gasteiger partial charge in [-0.2, -0.15) is 0 Å². The summed E-state index contributed by atoms with van der Waals surface area (Å²) in [6.45, 7) is 25.3. The fourth-order valence-electron chi connectivity index (χ4n) is 7.67. The number of carbonyl (C=O) groups excluding carboxylic acids is 6. The van der Waals surface area contributed by atoms with Crippen molar-refractivity contribution in [3.8, 4) is 0 Å². The van der Waals surface area contributed by atoms with E-state index in [4.69, 9.17) is 30.2 Å². The first-order valence-corrected chi connectivity index (χ1v) is 29.3. The minimum absolute atomic E-state index is 0. The summed E-state index contributed by atoms with van der Waals surface area (Å²) in [5, 5.41) is 25.5. The van der Waals surface area contributed by atoms with Crippen molar-refractivity contribution in [2.24, 2.45) is 10.7 Å².